The summed E-state index contributed by atoms with van der Waals surface area (Å²) in [7, 11) is 0. The SMILES string of the molecule is CC1(C)c2ccccc2-c2cccc(N(c3ccccc3-c3ccccc3-c3cccc4cccc(-c5ccccc5)c34)c3ccccc3-n3c4ccccc4c4ccccc43)c21. The molecule has 1 heterocycles. The number of rotatable bonds is 7. The van der Waals surface area contributed by atoms with E-state index in [4.69, 9.17) is 0 Å². The van der Waals surface area contributed by atoms with Crippen molar-refractivity contribution in [2.75, 3.05) is 4.90 Å². The maximum Gasteiger partial charge on any atom is 0.0702 e. The van der Waals surface area contributed by atoms with Gasteiger partial charge in [-0.15, -0.1) is 0 Å². The Morgan fingerprint density at radius 3 is 1.57 bits per heavy atom. The fourth-order valence-corrected chi connectivity index (χ4v) is 10.7. The van der Waals surface area contributed by atoms with Crippen molar-refractivity contribution in [2.24, 2.45) is 0 Å². The largest absolute Gasteiger partial charge is 0.307 e. The van der Waals surface area contributed by atoms with Crippen LogP contribution in [0, 0.1) is 0 Å². The minimum Gasteiger partial charge on any atom is -0.307 e. The lowest BCUT2D eigenvalue weighted by Gasteiger charge is -2.34. The zero-order valence-electron chi connectivity index (χ0n) is 35.3. The Balaban J connectivity index is 1.16. The van der Waals surface area contributed by atoms with Crippen molar-refractivity contribution in [2.45, 2.75) is 19.3 Å². The molecule has 2 heteroatoms. The van der Waals surface area contributed by atoms with Crippen LogP contribution in [0.15, 0.2) is 231 Å². The number of hydrogen-bond donors (Lipinski definition) is 0. The standard InChI is InChI=1S/C61H44N2/c1-61(2)52-34-12-8-27-46(52)51-33-20-40-58(60(51)61)63(57-39-17-16-38-56(57)62-54-36-14-10-29-48(54)49-30-11-15-37-55(49)62)53-35-13-9-28-47(53)44-25-6-7-26-45(44)50-32-19-24-42-23-18-31-43(59(42)50)41-21-4-3-5-22-41/h3-40H,1-2H3. The summed E-state index contributed by atoms with van der Waals surface area (Å²) in [4.78, 5) is 2.57. The maximum absolute atomic E-state index is 2.57. The molecule has 1 aliphatic rings. The van der Waals surface area contributed by atoms with Gasteiger partial charge in [0.05, 0.1) is 33.8 Å². The quantitative estimate of drug-likeness (QED) is 0.156. The molecular weight excluding hydrogens is 761 g/mol. The van der Waals surface area contributed by atoms with Crippen LogP contribution < -0.4 is 4.90 Å². The third kappa shape index (κ3) is 5.72. The Kier molecular flexibility index (Phi) is 8.55. The van der Waals surface area contributed by atoms with Gasteiger partial charge in [0.1, 0.15) is 0 Å². The third-order valence-corrected chi connectivity index (χ3v) is 13.4. The second-order valence-corrected chi connectivity index (χ2v) is 17.2. The summed E-state index contributed by atoms with van der Waals surface area (Å²) < 4.78 is 2.47. The molecule has 0 bridgehead atoms. The number of para-hydroxylation sites is 5. The molecule has 0 saturated carbocycles. The fraction of sp³-hybridized carbons (Fsp3) is 0.0492. The van der Waals surface area contributed by atoms with Gasteiger partial charge in [-0.3, -0.25) is 0 Å². The molecule has 0 spiro atoms. The van der Waals surface area contributed by atoms with E-state index >= 15 is 0 Å². The van der Waals surface area contributed by atoms with Gasteiger partial charge in [0.25, 0.3) is 0 Å². The van der Waals surface area contributed by atoms with E-state index in [0.717, 1.165) is 22.6 Å². The molecule has 2 nitrogen and oxygen atoms in total. The minimum absolute atomic E-state index is 0.258. The number of benzene rings is 10. The van der Waals surface area contributed by atoms with Gasteiger partial charge in [0.15, 0.2) is 0 Å². The summed E-state index contributed by atoms with van der Waals surface area (Å²) in [5, 5.41) is 4.96. The third-order valence-electron chi connectivity index (χ3n) is 13.4. The Morgan fingerprint density at radius 1 is 0.349 bits per heavy atom. The van der Waals surface area contributed by atoms with Crippen molar-refractivity contribution in [3.05, 3.63) is 242 Å². The first-order valence-corrected chi connectivity index (χ1v) is 21.9. The van der Waals surface area contributed by atoms with Crippen LogP contribution in [0.4, 0.5) is 17.1 Å². The van der Waals surface area contributed by atoms with Crippen LogP contribution in [0.1, 0.15) is 25.0 Å². The normalized spacial score (nSPS) is 12.7. The van der Waals surface area contributed by atoms with Crippen molar-refractivity contribution >= 4 is 49.6 Å². The summed E-state index contributed by atoms with van der Waals surface area (Å²) in [5.74, 6) is 0. The fourth-order valence-electron chi connectivity index (χ4n) is 10.7. The van der Waals surface area contributed by atoms with E-state index in [2.05, 4.69) is 254 Å². The Morgan fingerprint density at radius 2 is 0.841 bits per heavy atom. The molecule has 1 aromatic heterocycles. The molecule has 1 aliphatic carbocycles. The molecule has 0 atom stereocenters. The van der Waals surface area contributed by atoms with Gasteiger partial charge in [0.2, 0.25) is 0 Å². The molecule has 0 N–H and O–H groups in total. The average molecular weight is 805 g/mol. The molecule has 0 radical (unpaired) electrons. The van der Waals surface area contributed by atoms with E-state index in [-0.39, 0.29) is 5.41 Å². The van der Waals surface area contributed by atoms with Gasteiger partial charge in [0, 0.05) is 21.8 Å². The van der Waals surface area contributed by atoms with E-state index in [1.54, 1.807) is 0 Å². The van der Waals surface area contributed by atoms with E-state index < -0.39 is 0 Å². The second kappa shape index (κ2) is 14.6. The highest BCUT2D eigenvalue weighted by atomic mass is 15.2. The summed E-state index contributed by atoms with van der Waals surface area (Å²) in [5.41, 5.74) is 19.1. The van der Waals surface area contributed by atoms with Crippen LogP contribution in [-0.4, -0.2) is 4.57 Å². The van der Waals surface area contributed by atoms with E-state index in [9.17, 15) is 0 Å². The van der Waals surface area contributed by atoms with Gasteiger partial charge in [-0.1, -0.05) is 208 Å². The lowest BCUT2D eigenvalue weighted by atomic mass is 9.81. The Labute approximate surface area is 368 Å². The zero-order valence-corrected chi connectivity index (χ0v) is 35.3. The van der Waals surface area contributed by atoms with Crippen molar-refractivity contribution in [3.8, 4) is 50.2 Å². The maximum atomic E-state index is 2.57. The molecule has 0 saturated heterocycles. The topological polar surface area (TPSA) is 8.17 Å². The Bertz CT molecular complexity index is 3490. The molecule has 0 aliphatic heterocycles. The first kappa shape index (κ1) is 36.9. The predicted octanol–water partition coefficient (Wildman–Crippen LogP) is 16.7. The highest BCUT2D eigenvalue weighted by Gasteiger charge is 2.39. The van der Waals surface area contributed by atoms with Crippen LogP contribution in [0.2, 0.25) is 0 Å². The van der Waals surface area contributed by atoms with Crippen LogP contribution in [-0.2, 0) is 5.41 Å². The molecule has 298 valence electrons. The van der Waals surface area contributed by atoms with Gasteiger partial charge in [-0.2, -0.15) is 0 Å². The summed E-state index contributed by atoms with van der Waals surface area (Å²) in [6.45, 7) is 4.79. The molecule has 0 unspecified atom stereocenters. The number of hydrogen-bond acceptors (Lipinski definition) is 1. The lowest BCUT2D eigenvalue weighted by Crippen LogP contribution is -2.21. The van der Waals surface area contributed by atoms with Gasteiger partial charge >= 0.3 is 0 Å². The molecule has 0 fully saturated rings. The number of anilines is 3. The molecule has 10 aromatic carbocycles. The van der Waals surface area contributed by atoms with Crippen molar-refractivity contribution in [3.63, 3.8) is 0 Å². The number of aromatic nitrogens is 1. The van der Waals surface area contributed by atoms with Crippen LogP contribution in [0.5, 0.6) is 0 Å². The lowest BCUT2D eigenvalue weighted by molar-refractivity contribution is 0.661. The van der Waals surface area contributed by atoms with Crippen molar-refractivity contribution < 1.29 is 0 Å². The molecular formula is C61H44N2. The van der Waals surface area contributed by atoms with E-state index in [1.165, 1.54) is 88.3 Å². The van der Waals surface area contributed by atoms with E-state index in [0.29, 0.717) is 0 Å². The number of nitrogens with zero attached hydrogens (tertiary/aromatic N) is 2. The minimum atomic E-state index is -0.258. The van der Waals surface area contributed by atoms with Crippen LogP contribution >= 0.6 is 0 Å². The summed E-state index contributed by atoms with van der Waals surface area (Å²) in [6.07, 6.45) is 0. The highest BCUT2D eigenvalue weighted by molar-refractivity contribution is 6.11. The predicted molar refractivity (Wildman–Crippen MR) is 267 cm³/mol. The Hall–Kier alpha value is -7.94. The number of fused-ring (bicyclic) bond motifs is 7. The zero-order chi connectivity index (χ0) is 42.1. The van der Waals surface area contributed by atoms with E-state index in [1.807, 2.05) is 0 Å². The molecule has 12 rings (SSSR count). The van der Waals surface area contributed by atoms with Gasteiger partial charge in [-0.25, -0.2) is 0 Å². The van der Waals surface area contributed by atoms with Crippen molar-refractivity contribution in [1.29, 1.82) is 0 Å². The molecule has 0 amide bonds. The summed E-state index contributed by atoms with van der Waals surface area (Å²) >= 11 is 0. The van der Waals surface area contributed by atoms with Gasteiger partial charge < -0.3 is 9.47 Å². The smallest absolute Gasteiger partial charge is 0.0702 e. The van der Waals surface area contributed by atoms with Crippen LogP contribution in [0.25, 0.3) is 82.8 Å². The average Bonchev–Trinajstić information content (AvgIpc) is 3.80. The molecule has 63 heavy (non-hydrogen) atoms. The van der Waals surface area contributed by atoms with Gasteiger partial charge in [-0.05, 0) is 97.2 Å². The van der Waals surface area contributed by atoms with Crippen molar-refractivity contribution in [1.82, 2.24) is 4.57 Å². The van der Waals surface area contributed by atoms with Crippen LogP contribution in [0.3, 0.4) is 0 Å². The highest BCUT2D eigenvalue weighted by Crippen LogP contribution is 2.56. The first-order chi connectivity index (χ1) is 31.1. The molecule has 11 aromatic rings. The first-order valence-electron chi connectivity index (χ1n) is 21.9. The second-order valence-electron chi connectivity index (χ2n) is 17.2. The summed E-state index contributed by atoms with van der Waals surface area (Å²) in [6, 6.07) is 84.7. The monoisotopic (exact) mass is 804 g/mol.